The van der Waals surface area contributed by atoms with E-state index in [1.807, 2.05) is 0 Å². The molecule has 0 spiro atoms. The number of rotatable bonds is 37. The molecule has 0 aliphatic heterocycles. The van der Waals surface area contributed by atoms with Crippen molar-refractivity contribution in [3.8, 4) is 0 Å². The van der Waals surface area contributed by atoms with Gasteiger partial charge in [0.15, 0.2) is 6.10 Å². The number of ether oxygens (including phenoxy) is 3. The van der Waals surface area contributed by atoms with E-state index in [9.17, 15) is 19.5 Å². The average molecular weight is 710 g/mol. The lowest BCUT2D eigenvalue weighted by molar-refractivity contribution is -0.889. The maximum Gasteiger partial charge on any atom is 0.306 e. The van der Waals surface area contributed by atoms with Crippen molar-refractivity contribution in [3.05, 3.63) is 12.2 Å². The number of carboxylic acids is 1. The van der Waals surface area contributed by atoms with Gasteiger partial charge in [-0.05, 0) is 38.5 Å². The number of hydrogen-bond acceptors (Lipinski definition) is 7. The molecule has 0 aromatic rings. The number of carboxylic acid groups (broad SMARTS) is 1. The molecule has 0 amide bonds. The molecule has 0 aliphatic rings. The Morgan fingerprint density at radius 1 is 0.580 bits per heavy atom. The largest absolute Gasteiger partial charge is 0.544 e. The zero-order valence-electron chi connectivity index (χ0n) is 33.3. The molecule has 8 heteroatoms. The van der Waals surface area contributed by atoms with E-state index in [2.05, 4.69) is 26.0 Å². The predicted octanol–water partition coefficient (Wildman–Crippen LogP) is 9.41. The second-order valence-electron chi connectivity index (χ2n) is 15.2. The summed E-state index contributed by atoms with van der Waals surface area (Å²) in [5.74, 6) is -1.74. The smallest absolute Gasteiger partial charge is 0.306 e. The van der Waals surface area contributed by atoms with Crippen LogP contribution in [-0.4, -0.2) is 75.5 Å². The third kappa shape index (κ3) is 32.0. The molecule has 0 heterocycles. The normalized spacial score (nSPS) is 13.1. The van der Waals surface area contributed by atoms with E-state index in [1.165, 1.54) is 103 Å². The highest BCUT2D eigenvalue weighted by Crippen LogP contribution is 2.14. The summed E-state index contributed by atoms with van der Waals surface area (Å²) in [4.78, 5) is 36.6. The molecule has 0 saturated carbocycles. The number of likely N-dealkylation sites (N-methyl/N-ethyl adjacent to an activating group) is 1. The van der Waals surface area contributed by atoms with Gasteiger partial charge >= 0.3 is 11.9 Å². The van der Waals surface area contributed by atoms with Crippen molar-refractivity contribution < 1.29 is 38.2 Å². The summed E-state index contributed by atoms with van der Waals surface area (Å²) >= 11 is 0. The van der Waals surface area contributed by atoms with Crippen LogP contribution in [0.25, 0.3) is 0 Å². The van der Waals surface area contributed by atoms with Crippen LogP contribution < -0.4 is 5.11 Å². The molecule has 2 atom stereocenters. The monoisotopic (exact) mass is 710 g/mol. The number of hydrogen-bond donors (Lipinski definition) is 0. The molecule has 0 aromatic carbocycles. The molecule has 0 aliphatic carbocycles. The minimum absolute atomic E-state index is 0.0420. The van der Waals surface area contributed by atoms with E-state index in [0.717, 1.165) is 51.4 Å². The highest BCUT2D eigenvalue weighted by molar-refractivity contribution is 5.70. The second-order valence-corrected chi connectivity index (χ2v) is 15.2. The summed E-state index contributed by atoms with van der Waals surface area (Å²) in [6.07, 6.45) is 33.8. The Morgan fingerprint density at radius 3 is 1.44 bits per heavy atom. The predicted molar refractivity (Wildman–Crippen MR) is 204 cm³/mol. The third-order valence-corrected chi connectivity index (χ3v) is 9.40. The lowest BCUT2D eigenvalue weighted by Gasteiger charge is -2.34. The molecule has 0 N–H and O–H groups in total. The van der Waals surface area contributed by atoms with Gasteiger partial charge in [0.1, 0.15) is 12.6 Å². The van der Waals surface area contributed by atoms with Crippen molar-refractivity contribution in [1.82, 2.24) is 0 Å². The van der Waals surface area contributed by atoms with Gasteiger partial charge in [-0.1, -0.05) is 142 Å². The van der Waals surface area contributed by atoms with E-state index in [1.54, 1.807) is 21.1 Å². The molecular weight excluding hydrogens is 630 g/mol. The maximum absolute atomic E-state index is 12.7. The van der Waals surface area contributed by atoms with Gasteiger partial charge in [0, 0.05) is 19.3 Å². The maximum atomic E-state index is 12.7. The molecule has 0 fully saturated rings. The van der Waals surface area contributed by atoms with E-state index in [4.69, 9.17) is 14.2 Å². The summed E-state index contributed by atoms with van der Waals surface area (Å²) in [6.45, 7) is 4.63. The topological polar surface area (TPSA) is 102 Å². The second kappa shape index (κ2) is 34.2. The molecule has 2 unspecified atom stereocenters. The zero-order valence-corrected chi connectivity index (χ0v) is 33.3. The third-order valence-electron chi connectivity index (χ3n) is 9.40. The van der Waals surface area contributed by atoms with E-state index in [0.29, 0.717) is 12.8 Å². The van der Waals surface area contributed by atoms with Gasteiger partial charge in [-0.25, -0.2) is 0 Å². The fourth-order valence-corrected chi connectivity index (χ4v) is 6.12. The van der Waals surface area contributed by atoms with Gasteiger partial charge in [0.05, 0.1) is 40.3 Å². The van der Waals surface area contributed by atoms with Gasteiger partial charge in [-0.2, -0.15) is 0 Å². The SMILES string of the molecule is CCCCCCCCCCC/C=C/CCCCCCCC(=O)OC(COCCC(C(=O)[O-])[N+](C)(C)C)COC(=O)CCCCCCCCCC. The number of esters is 2. The molecular formula is C42H79NO7. The van der Waals surface area contributed by atoms with Gasteiger partial charge in [0.2, 0.25) is 0 Å². The van der Waals surface area contributed by atoms with Crippen molar-refractivity contribution in [3.63, 3.8) is 0 Å². The molecule has 0 radical (unpaired) electrons. The minimum Gasteiger partial charge on any atom is -0.544 e. The van der Waals surface area contributed by atoms with Gasteiger partial charge in [0.25, 0.3) is 0 Å². The number of quaternary nitrogens is 1. The number of aliphatic carboxylic acids is 1. The van der Waals surface area contributed by atoms with Crippen LogP contribution >= 0.6 is 0 Å². The van der Waals surface area contributed by atoms with Crippen LogP contribution in [0.4, 0.5) is 0 Å². The van der Waals surface area contributed by atoms with Crippen LogP contribution in [0.5, 0.6) is 0 Å². The highest BCUT2D eigenvalue weighted by atomic mass is 16.6. The Morgan fingerprint density at radius 2 is 1.00 bits per heavy atom. The Balaban J connectivity index is 4.30. The highest BCUT2D eigenvalue weighted by Gasteiger charge is 2.25. The molecule has 0 aromatic heterocycles. The Labute approximate surface area is 308 Å². The zero-order chi connectivity index (χ0) is 37.1. The first-order valence-electron chi connectivity index (χ1n) is 20.7. The first-order chi connectivity index (χ1) is 24.1. The van der Waals surface area contributed by atoms with Gasteiger partial charge in [-0.3, -0.25) is 9.59 Å². The first kappa shape index (κ1) is 48.1. The van der Waals surface area contributed by atoms with E-state index >= 15 is 0 Å². The Hall–Kier alpha value is -1.93. The first-order valence-corrected chi connectivity index (χ1v) is 20.7. The molecule has 8 nitrogen and oxygen atoms in total. The van der Waals surface area contributed by atoms with Crippen molar-refractivity contribution in [1.29, 1.82) is 0 Å². The molecule has 294 valence electrons. The van der Waals surface area contributed by atoms with Crippen molar-refractivity contribution >= 4 is 17.9 Å². The summed E-state index contributed by atoms with van der Waals surface area (Å²) in [7, 11) is 5.40. The minimum atomic E-state index is -1.13. The summed E-state index contributed by atoms with van der Waals surface area (Å²) in [6, 6.07) is -0.721. The lowest BCUT2D eigenvalue weighted by Crippen LogP contribution is -2.55. The van der Waals surface area contributed by atoms with Crippen LogP contribution in [0.1, 0.15) is 187 Å². The summed E-state index contributed by atoms with van der Waals surface area (Å²) in [5.41, 5.74) is 0. The van der Waals surface area contributed by atoms with E-state index < -0.39 is 18.1 Å². The lowest BCUT2D eigenvalue weighted by atomic mass is 10.1. The Bertz CT molecular complexity index is 838. The molecule has 0 saturated heterocycles. The van der Waals surface area contributed by atoms with Crippen LogP contribution in [0.15, 0.2) is 12.2 Å². The number of carbonyl (C=O) groups excluding carboxylic acids is 3. The van der Waals surface area contributed by atoms with Crippen molar-refractivity contribution in [2.45, 2.75) is 199 Å². The fraction of sp³-hybridized carbons (Fsp3) is 0.881. The van der Waals surface area contributed by atoms with E-state index in [-0.39, 0.29) is 42.7 Å². The average Bonchev–Trinajstić information content (AvgIpc) is 3.06. The number of carbonyl (C=O) groups is 3. The molecule has 0 bridgehead atoms. The number of unbranched alkanes of at least 4 members (excludes halogenated alkanes) is 21. The Kier molecular flexibility index (Phi) is 32.9. The number of allylic oxidation sites excluding steroid dienone is 2. The molecule has 0 rings (SSSR count). The number of nitrogens with zero attached hydrogens (tertiary/aromatic N) is 1. The van der Waals surface area contributed by atoms with Crippen LogP contribution in [0.2, 0.25) is 0 Å². The van der Waals surface area contributed by atoms with Crippen LogP contribution in [0.3, 0.4) is 0 Å². The summed E-state index contributed by atoms with van der Waals surface area (Å²) in [5, 5.41) is 11.6. The molecule has 50 heavy (non-hydrogen) atoms. The van der Waals surface area contributed by atoms with Crippen LogP contribution in [0, 0.1) is 0 Å². The summed E-state index contributed by atoms with van der Waals surface area (Å²) < 4.78 is 17.1. The quantitative estimate of drug-likeness (QED) is 0.0274. The van der Waals surface area contributed by atoms with Gasteiger partial charge in [-0.15, -0.1) is 0 Å². The van der Waals surface area contributed by atoms with Crippen molar-refractivity contribution in [2.75, 3.05) is 41.0 Å². The fourth-order valence-electron chi connectivity index (χ4n) is 6.12. The van der Waals surface area contributed by atoms with Crippen molar-refractivity contribution in [2.24, 2.45) is 0 Å². The van der Waals surface area contributed by atoms with Crippen LogP contribution in [-0.2, 0) is 28.6 Å². The van der Waals surface area contributed by atoms with Gasteiger partial charge < -0.3 is 28.6 Å². The standard InChI is InChI=1S/C42H79NO7/c1-6-8-10-12-14-16-17-18-19-20-21-22-23-24-25-27-29-31-33-41(45)50-38(36-48-35-34-39(42(46)47)43(3,4)5)37-49-40(44)32-30-28-26-15-13-11-9-7-2/h21-22,38-39H,6-20,23-37H2,1-5H3/b22-21+.